The van der Waals surface area contributed by atoms with Crippen LogP contribution in [0.1, 0.15) is 40.6 Å². The number of rotatable bonds is 8. The predicted octanol–water partition coefficient (Wildman–Crippen LogP) is 5.28. The van der Waals surface area contributed by atoms with Crippen molar-refractivity contribution in [3.05, 3.63) is 82.9 Å². The van der Waals surface area contributed by atoms with Gasteiger partial charge in [-0.3, -0.25) is 0 Å². The molecule has 0 aromatic heterocycles. The zero-order valence-electron chi connectivity index (χ0n) is 19.2. The first kappa shape index (κ1) is 22.0. The van der Waals surface area contributed by atoms with E-state index in [4.69, 9.17) is 18.9 Å². The van der Waals surface area contributed by atoms with Crippen molar-refractivity contribution in [1.29, 1.82) is 0 Å². The molecule has 1 aliphatic carbocycles. The normalized spacial score (nSPS) is 17.4. The standard InChI is InChI=1S/C27H31NO4/c1-28-27-21(19-11-13-23(29-2)24(14-19)30-3)12-10-20-15-26(25(31-4)16-22(20)27)32-17-18-8-6-5-7-9-18/h5-9,11,13-16,21,27-28H,10,12,17H2,1-4H3/t21-,27+/m1/s1. The second kappa shape index (κ2) is 9.96. The van der Waals surface area contributed by atoms with Crippen molar-refractivity contribution < 1.29 is 18.9 Å². The smallest absolute Gasteiger partial charge is 0.161 e. The third-order valence-corrected chi connectivity index (χ3v) is 6.27. The minimum atomic E-state index is 0.161. The fraction of sp³-hybridized carbons (Fsp3) is 0.333. The maximum absolute atomic E-state index is 6.14. The van der Waals surface area contributed by atoms with Crippen LogP contribution < -0.4 is 24.3 Å². The molecule has 0 bridgehead atoms. The van der Waals surface area contributed by atoms with Gasteiger partial charge in [-0.2, -0.15) is 0 Å². The molecule has 4 rings (SSSR count). The molecule has 0 saturated heterocycles. The van der Waals surface area contributed by atoms with Gasteiger partial charge in [0.2, 0.25) is 0 Å². The summed E-state index contributed by atoms with van der Waals surface area (Å²) in [5, 5.41) is 3.53. The van der Waals surface area contributed by atoms with Gasteiger partial charge in [0.15, 0.2) is 23.0 Å². The molecule has 3 aromatic carbocycles. The quantitative estimate of drug-likeness (QED) is 0.524. The third-order valence-electron chi connectivity index (χ3n) is 6.27. The van der Waals surface area contributed by atoms with Crippen LogP contribution in [-0.2, 0) is 13.0 Å². The fourth-order valence-corrected chi connectivity index (χ4v) is 4.63. The van der Waals surface area contributed by atoms with E-state index < -0.39 is 0 Å². The lowest BCUT2D eigenvalue weighted by molar-refractivity contribution is 0.282. The van der Waals surface area contributed by atoms with Crippen LogP contribution in [0.3, 0.4) is 0 Å². The van der Waals surface area contributed by atoms with Gasteiger partial charge < -0.3 is 24.3 Å². The molecule has 168 valence electrons. The average Bonchev–Trinajstić information content (AvgIpc) is 2.86. The zero-order chi connectivity index (χ0) is 22.5. The molecule has 2 atom stereocenters. The molecule has 5 nitrogen and oxygen atoms in total. The van der Waals surface area contributed by atoms with Crippen LogP contribution in [0, 0.1) is 0 Å². The van der Waals surface area contributed by atoms with Gasteiger partial charge in [0.1, 0.15) is 6.61 Å². The van der Waals surface area contributed by atoms with Crippen molar-refractivity contribution in [3.8, 4) is 23.0 Å². The Hall–Kier alpha value is -3.18. The van der Waals surface area contributed by atoms with Crippen molar-refractivity contribution in [2.75, 3.05) is 28.4 Å². The Morgan fingerprint density at radius 1 is 0.812 bits per heavy atom. The van der Waals surface area contributed by atoms with Crippen LogP contribution in [0.15, 0.2) is 60.7 Å². The van der Waals surface area contributed by atoms with Crippen LogP contribution in [-0.4, -0.2) is 28.4 Å². The summed E-state index contributed by atoms with van der Waals surface area (Å²) in [6, 6.07) is 20.8. The van der Waals surface area contributed by atoms with Crippen molar-refractivity contribution >= 4 is 0 Å². The summed E-state index contributed by atoms with van der Waals surface area (Å²) in [6.45, 7) is 0.514. The zero-order valence-corrected chi connectivity index (χ0v) is 19.2. The van der Waals surface area contributed by atoms with Crippen molar-refractivity contribution in [3.63, 3.8) is 0 Å². The largest absolute Gasteiger partial charge is 0.493 e. The third kappa shape index (κ3) is 4.39. The van der Waals surface area contributed by atoms with Gasteiger partial charge in [0.05, 0.1) is 21.3 Å². The van der Waals surface area contributed by atoms with Crippen molar-refractivity contribution in [1.82, 2.24) is 5.32 Å². The Morgan fingerprint density at radius 3 is 2.22 bits per heavy atom. The molecule has 0 aliphatic heterocycles. The minimum Gasteiger partial charge on any atom is -0.493 e. The molecule has 3 aromatic rings. The second-order valence-corrected chi connectivity index (χ2v) is 8.00. The molecule has 5 heteroatoms. The average molecular weight is 434 g/mol. The van der Waals surface area contributed by atoms with E-state index in [0.717, 1.165) is 41.4 Å². The Balaban J connectivity index is 1.63. The molecule has 1 aliphatic rings. The molecule has 0 unspecified atom stereocenters. The maximum Gasteiger partial charge on any atom is 0.161 e. The summed E-state index contributed by atoms with van der Waals surface area (Å²) >= 11 is 0. The monoisotopic (exact) mass is 433 g/mol. The van der Waals surface area contributed by atoms with Crippen LogP contribution >= 0.6 is 0 Å². The van der Waals surface area contributed by atoms with Gasteiger partial charge in [0, 0.05) is 12.0 Å². The number of methoxy groups -OCH3 is 3. The molecule has 0 saturated carbocycles. The molecule has 0 radical (unpaired) electrons. The molecule has 0 fully saturated rings. The Kier molecular flexibility index (Phi) is 6.86. The highest BCUT2D eigenvalue weighted by molar-refractivity contribution is 5.52. The molecular weight excluding hydrogens is 402 g/mol. The predicted molar refractivity (Wildman–Crippen MR) is 126 cm³/mol. The molecule has 0 heterocycles. The molecule has 1 N–H and O–H groups in total. The number of ether oxygens (including phenoxy) is 4. The first-order chi connectivity index (χ1) is 15.7. The fourth-order valence-electron chi connectivity index (χ4n) is 4.63. The lowest BCUT2D eigenvalue weighted by Gasteiger charge is -2.34. The first-order valence-electron chi connectivity index (χ1n) is 10.9. The number of likely N-dealkylation sites (N-methyl/N-ethyl adjacent to an activating group) is 1. The van der Waals surface area contributed by atoms with Crippen LogP contribution in [0.4, 0.5) is 0 Å². The lowest BCUT2D eigenvalue weighted by atomic mass is 9.76. The van der Waals surface area contributed by atoms with Crippen molar-refractivity contribution in [2.24, 2.45) is 0 Å². The Bertz CT molecular complexity index is 1050. The number of hydrogen-bond donors (Lipinski definition) is 1. The SMILES string of the molecule is CN[C@@H]1c2cc(OC)c(OCc3ccccc3)cc2CC[C@@H]1c1ccc(OC)c(OC)c1. The highest BCUT2D eigenvalue weighted by Gasteiger charge is 2.31. The minimum absolute atomic E-state index is 0.161. The van der Waals surface area contributed by atoms with E-state index >= 15 is 0 Å². The van der Waals surface area contributed by atoms with Crippen LogP contribution in [0.5, 0.6) is 23.0 Å². The summed E-state index contributed by atoms with van der Waals surface area (Å²) < 4.78 is 22.8. The van der Waals surface area contributed by atoms with Gasteiger partial charge in [-0.15, -0.1) is 0 Å². The summed E-state index contributed by atoms with van der Waals surface area (Å²) in [5.41, 5.74) is 4.91. The molecule has 0 amide bonds. The van der Waals surface area contributed by atoms with E-state index in [0.29, 0.717) is 12.5 Å². The van der Waals surface area contributed by atoms with E-state index in [9.17, 15) is 0 Å². The van der Waals surface area contributed by atoms with Crippen LogP contribution in [0.2, 0.25) is 0 Å². The Labute approximate surface area is 190 Å². The molecule has 32 heavy (non-hydrogen) atoms. The maximum atomic E-state index is 6.14. The van der Waals surface area contributed by atoms with E-state index in [-0.39, 0.29) is 6.04 Å². The second-order valence-electron chi connectivity index (χ2n) is 8.00. The molecular formula is C27H31NO4. The van der Waals surface area contributed by atoms with Gasteiger partial charge >= 0.3 is 0 Å². The van der Waals surface area contributed by atoms with E-state index in [1.807, 2.05) is 31.3 Å². The lowest BCUT2D eigenvalue weighted by Crippen LogP contribution is -2.29. The van der Waals surface area contributed by atoms with Gasteiger partial charge in [-0.1, -0.05) is 36.4 Å². The number of aryl methyl sites for hydroxylation is 1. The van der Waals surface area contributed by atoms with E-state index in [2.05, 4.69) is 41.7 Å². The Morgan fingerprint density at radius 2 is 1.53 bits per heavy atom. The first-order valence-corrected chi connectivity index (χ1v) is 10.9. The van der Waals surface area contributed by atoms with Crippen molar-refractivity contribution in [2.45, 2.75) is 31.4 Å². The summed E-state index contributed by atoms with van der Waals surface area (Å²) in [5.74, 6) is 3.36. The summed E-state index contributed by atoms with van der Waals surface area (Å²) in [4.78, 5) is 0. The topological polar surface area (TPSA) is 49.0 Å². The molecule has 0 spiro atoms. The highest BCUT2D eigenvalue weighted by atomic mass is 16.5. The van der Waals surface area contributed by atoms with Gasteiger partial charge in [-0.05, 0) is 66.4 Å². The number of benzene rings is 3. The summed E-state index contributed by atoms with van der Waals surface area (Å²) in [6.07, 6.45) is 2.00. The van der Waals surface area contributed by atoms with Gasteiger partial charge in [0.25, 0.3) is 0 Å². The number of hydrogen-bond acceptors (Lipinski definition) is 5. The summed E-state index contributed by atoms with van der Waals surface area (Å²) in [7, 11) is 7.05. The van der Waals surface area contributed by atoms with E-state index in [1.54, 1.807) is 21.3 Å². The highest BCUT2D eigenvalue weighted by Crippen LogP contribution is 2.46. The number of fused-ring (bicyclic) bond motifs is 1. The van der Waals surface area contributed by atoms with E-state index in [1.165, 1.54) is 16.7 Å². The van der Waals surface area contributed by atoms with Gasteiger partial charge in [-0.25, -0.2) is 0 Å². The number of nitrogens with one attached hydrogen (secondary N) is 1. The van der Waals surface area contributed by atoms with Crippen LogP contribution in [0.25, 0.3) is 0 Å².